The van der Waals surface area contributed by atoms with Gasteiger partial charge in [-0.25, -0.2) is 12.8 Å². The zero-order valence-electron chi connectivity index (χ0n) is 16.3. The van der Waals surface area contributed by atoms with E-state index < -0.39 is 26.0 Å². The highest BCUT2D eigenvalue weighted by atomic mass is 35.5. The summed E-state index contributed by atoms with van der Waals surface area (Å²) in [6.07, 6.45) is 1.33. The molecule has 0 bridgehead atoms. The number of ether oxygens (including phenoxy) is 1. The van der Waals surface area contributed by atoms with Crippen molar-refractivity contribution in [2.24, 2.45) is 0 Å². The van der Waals surface area contributed by atoms with Crippen LogP contribution in [0, 0.1) is 5.82 Å². The van der Waals surface area contributed by atoms with Gasteiger partial charge in [0.1, 0.15) is 10.7 Å². The molecule has 1 aliphatic heterocycles. The molecule has 0 amide bonds. The first-order valence-corrected chi connectivity index (χ1v) is 11.4. The number of halogens is 2. The average molecular weight is 451 g/mol. The van der Waals surface area contributed by atoms with Crippen LogP contribution in [0.1, 0.15) is 6.92 Å². The standard InChI is InChI=1S/C21H20ClFN2O4S/c1-2-24-13-20(30(27,28)15-5-3-14(22)4-6-15)21(26)16-11-17(23)19(12-18(16)24)25-7-9-29-10-8-25/h3-6,11-13H,2,7-10H2,1H3. The number of fused-ring (bicyclic) bond motifs is 1. The summed E-state index contributed by atoms with van der Waals surface area (Å²) in [6, 6.07) is 8.33. The van der Waals surface area contributed by atoms with Gasteiger partial charge in [0, 0.05) is 30.9 Å². The van der Waals surface area contributed by atoms with E-state index in [1.807, 2.05) is 11.8 Å². The number of hydrogen-bond acceptors (Lipinski definition) is 5. The highest BCUT2D eigenvalue weighted by Crippen LogP contribution is 2.28. The topological polar surface area (TPSA) is 68.6 Å². The number of pyridine rings is 1. The average Bonchev–Trinajstić information content (AvgIpc) is 2.75. The van der Waals surface area contributed by atoms with Crippen LogP contribution in [0.4, 0.5) is 10.1 Å². The van der Waals surface area contributed by atoms with E-state index in [0.29, 0.717) is 49.1 Å². The number of sulfone groups is 1. The van der Waals surface area contributed by atoms with Crippen LogP contribution in [0.2, 0.25) is 5.02 Å². The molecule has 158 valence electrons. The first-order chi connectivity index (χ1) is 14.3. The minimum Gasteiger partial charge on any atom is -0.378 e. The molecule has 0 radical (unpaired) electrons. The summed E-state index contributed by atoms with van der Waals surface area (Å²) in [6.45, 7) is 4.32. The minimum atomic E-state index is -4.10. The van der Waals surface area contributed by atoms with Crippen molar-refractivity contribution in [2.75, 3.05) is 31.2 Å². The largest absolute Gasteiger partial charge is 0.378 e. The molecule has 30 heavy (non-hydrogen) atoms. The number of morpholine rings is 1. The molecule has 3 aromatic rings. The Balaban J connectivity index is 1.92. The SMILES string of the molecule is CCn1cc(S(=O)(=O)c2ccc(Cl)cc2)c(=O)c2cc(F)c(N3CCOCC3)cc21. The van der Waals surface area contributed by atoms with Crippen LogP contribution in [0.15, 0.2) is 57.2 Å². The predicted molar refractivity (Wildman–Crippen MR) is 114 cm³/mol. The van der Waals surface area contributed by atoms with Crippen molar-refractivity contribution in [1.29, 1.82) is 0 Å². The van der Waals surface area contributed by atoms with Gasteiger partial charge < -0.3 is 14.2 Å². The Hall–Kier alpha value is -2.42. The van der Waals surface area contributed by atoms with Crippen LogP contribution in [-0.4, -0.2) is 39.3 Å². The number of aromatic nitrogens is 1. The molecule has 0 spiro atoms. The molecule has 0 N–H and O–H groups in total. The summed E-state index contributed by atoms with van der Waals surface area (Å²) in [5, 5.41) is 0.414. The summed E-state index contributed by atoms with van der Waals surface area (Å²) in [4.78, 5) is 14.5. The molecule has 1 aromatic heterocycles. The maximum Gasteiger partial charge on any atom is 0.211 e. The molecule has 1 saturated heterocycles. The zero-order chi connectivity index (χ0) is 21.5. The van der Waals surface area contributed by atoms with E-state index in [2.05, 4.69) is 0 Å². The predicted octanol–water partition coefficient (Wildman–Crippen LogP) is 3.48. The lowest BCUT2D eigenvalue weighted by molar-refractivity contribution is 0.122. The van der Waals surface area contributed by atoms with Gasteiger partial charge in [-0.1, -0.05) is 11.6 Å². The van der Waals surface area contributed by atoms with Gasteiger partial charge in [-0.2, -0.15) is 0 Å². The molecule has 0 aliphatic carbocycles. The second-order valence-electron chi connectivity index (χ2n) is 6.99. The van der Waals surface area contributed by atoms with E-state index in [0.717, 1.165) is 6.07 Å². The lowest BCUT2D eigenvalue weighted by Gasteiger charge is -2.29. The molecular weight excluding hydrogens is 431 g/mol. The minimum absolute atomic E-state index is 0.0291. The summed E-state index contributed by atoms with van der Waals surface area (Å²) in [5.41, 5.74) is 0.137. The fourth-order valence-electron chi connectivity index (χ4n) is 3.61. The van der Waals surface area contributed by atoms with Gasteiger partial charge in [0.05, 0.1) is 34.7 Å². The highest BCUT2D eigenvalue weighted by Gasteiger charge is 2.25. The van der Waals surface area contributed by atoms with Crippen LogP contribution < -0.4 is 10.3 Å². The first-order valence-electron chi connectivity index (χ1n) is 9.53. The maximum absolute atomic E-state index is 14.9. The van der Waals surface area contributed by atoms with Crippen molar-refractivity contribution in [3.63, 3.8) is 0 Å². The molecule has 4 rings (SSSR count). The number of nitrogens with zero attached hydrogens (tertiary/aromatic N) is 2. The van der Waals surface area contributed by atoms with E-state index in [-0.39, 0.29) is 10.3 Å². The van der Waals surface area contributed by atoms with Crippen molar-refractivity contribution < 1.29 is 17.5 Å². The third-order valence-corrected chi connectivity index (χ3v) is 7.24. The van der Waals surface area contributed by atoms with Crippen molar-refractivity contribution in [1.82, 2.24) is 4.57 Å². The molecule has 0 atom stereocenters. The number of rotatable bonds is 4. The second-order valence-corrected chi connectivity index (χ2v) is 9.34. The van der Waals surface area contributed by atoms with Gasteiger partial charge in [0.2, 0.25) is 15.3 Å². The molecule has 2 aromatic carbocycles. The Kier molecular flexibility index (Phi) is 5.57. The van der Waals surface area contributed by atoms with Crippen LogP contribution in [0.5, 0.6) is 0 Å². The van der Waals surface area contributed by atoms with Gasteiger partial charge in [-0.05, 0) is 43.3 Å². The summed E-state index contributed by atoms with van der Waals surface area (Å²) < 4.78 is 48.1. The first kappa shape index (κ1) is 20.8. The molecule has 0 unspecified atom stereocenters. The van der Waals surface area contributed by atoms with Gasteiger partial charge in [0.25, 0.3) is 0 Å². The van der Waals surface area contributed by atoms with Gasteiger partial charge in [-0.3, -0.25) is 4.79 Å². The molecule has 1 fully saturated rings. The Morgan fingerprint density at radius 1 is 1.13 bits per heavy atom. The Morgan fingerprint density at radius 2 is 1.80 bits per heavy atom. The fraction of sp³-hybridized carbons (Fsp3) is 0.286. The molecule has 0 saturated carbocycles. The molecule has 6 nitrogen and oxygen atoms in total. The van der Waals surface area contributed by atoms with E-state index in [9.17, 15) is 17.6 Å². The van der Waals surface area contributed by atoms with Gasteiger partial charge in [-0.15, -0.1) is 0 Å². The Labute approximate surface area is 178 Å². The number of anilines is 1. The van der Waals surface area contributed by atoms with E-state index in [1.54, 1.807) is 10.6 Å². The quantitative estimate of drug-likeness (QED) is 0.608. The van der Waals surface area contributed by atoms with Gasteiger partial charge >= 0.3 is 0 Å². The third-order valence-electron chi connectivity index (χ3n) is 5.22. The van der Waals surface area contributed by atoms with Gasteiger partial charge in [0.15, 0.2) is 0 Å². The van der Waals surface area contributed by atoms with Crippen LogP contribution >= 0.6 is 11.6 Å². The zero-order valence-corrected chi connectivity index (χ0v) is 17.8. The smallest absolute Gasteiger partial charge is 0.211 e. The maximum atomic E-state index is 14.9. The fourth-order valence-corrected chi connectivity index (χ4v) is 5.11. The third kappa shape index (κ3) is 3.59. The van der Waals surface area contributed by atoms with Crippen LogP contribution in [-0.2, 0) is 21.1 Å². The van der Waals surface area contributed by atoms with Crippen LogP contribution in [0.25, 0.3) is 10.9 Å². The van der Waals surface area contributed by atoms with E-state index in [1.165, 1.54) is 30.5 Å². The number of benzene rings is 2. The molecule has 2 heterocycles. The van der Waals surface area contributed by atoms with Crippen molar-refractivity contribution in [3.8, 4) is 0 Å². The molecular formula is C21H20ClFN2O4S. The highest BCUT2D eigenvalue weighted by molar-refractivity contribution is 7.91. The lowest BCUT2D eigenvalue weighted by Crippen LogP contribution is -2.36. The number of aryl methyl sites for hydroxylation is 1. The molecule has 1 aliphatic rings. The monoisotopic (exact) mass is 450 g/mol. The second kappa shape index (κ2) is 8.02. The van der Waals surface area contributed by atoms with E-state index in [4.69, 9.17) is 16.3 Å². The molecule has 9 heteroatoms. The number of hydrogen-bond donors (Lipinski definition) is 0. The van der Waals surface area contributed by atoms with Crippen molar-refractivity contribution in [2.45, 2.75) is 23.3 Å². The Bertz CT molecular complexity index is 1270. The van der Waals surface area contributed by atoms with Crippen molar-refractivity contribution in [3.05, 3.63) is 63.7 Å². The van der Waals surface area contributed by atoms with E-state index >= 15 is 0 Å². The Morgan fingerprint density at radius 3 is 2.43 bits per heavy atom. The van der Waals surface area contributed by atoms with Crippen molar-refractivity contribution >= 4 is 38.0 Å². The van der Waals surface area contributed by atoms with Crippen LogP contribution in [0.3, 0.4) is 0 Å². The summed E-state index contributed by atoms with van der Waals surface area (Å²) in [7, 11) is -4.10. The normalized spacial score (nSPS) is 15.0. The summed E-state index contributed by atoms with van der Waals surface area (Å²) in [5.74, 6) is -0.565. The lowest BCUT2D eigenvalue weighted by atomic mass is 10.1. The summed E-state index contributed by atoms with van der Waals surface area (Å²) >= 11 is 5.85.